The molecular weight excluding hydrogens is 356 g/mol. The van der Waals surface area contributed by atoms with E-state index in [1.54, 1.807) is 18.2 Å². The topological polar surface area (TPSA) is 67.9 Å². The Kier molecular flexibility index (Phi) is 5.87. The van der Waals surface area contributed by atoms with Gasteiger partial charge in [-0.25, -0.2) is 0 Å². The van der Waals surface area contributed by atoms with Crippen molar-refractivity contribution in [2.45, 2.75) is 26.8 Å². The number of methoxy groups -OCH3 is 2. The van der Waals surface area contributed by atoms with Crippen molar-refractivity contribution in [2.24, 2.45) is 5.92 Å². The molecule has 0 fully saturated rings. The number of hydrogen-bond acceptors (Lipinski definition) is 4. The normalized spacial score (nSPS) is 13.1. The summed E-state index contributed by atoms with van der Waals surface area (Å²) < 4.78 is 10.6. The van der Waals surface area contributed by atoms with Gasteiger partial charge in [-0.3, -0.25) is 9.59 Å². The van der Waals surface area contributed by atoms with E-state index in [0.717, 1.165) is 18.5 Å². The molecule has 6 heteroatoms. The zero-order valence-electron chi connectivity index (χ0n) is 16.7. The summed E-state index contributed by atoms with van der Waals surface area (Å²) in [5, 5.41) is 2.92. The highest BCUT2D eigenvalue weighted by Gasteiger charge is 2.23. The molecule has 6 nitrogen and oxygen atoms in total. The van der Waals surface area contributed by atoms with Crippen molar-refractivity contribution >= 4 is 17.5 Å². The molecule has 2 aromatic rings. The number of anilines is 1. The molecule has 1 N–H and O–H groups in total. The predicted octanol–water partition coefficient (Wildman–Crippen LogP) is 3.50. The van der Waals surface area contributed by atoms with Crippen LogP contribution in [-0.4, -0.2) is 37.5 Å². The van der Waals surface area contributed by atoms with Crippen LogP contribution in [-0.2, 0) is 17.8 Å². The smallest absolute Gasteiger partial charge is 0.263 e. The molecule has 1 heterocycles. The maximum Gasteiger partial charge on any atom is 0.263 e. The Bertz CT molecular complexity index is 870. The Morgan fingerprint density at radius 3 is 2.32 bits per heavy atom. The van der Waals surface area contributed by atoms with Crippen molar-refractivity contribution in [1.82, 2.24) is 4.90 Å². The van der Waals surface area contributed by atoms with E-state index >= 15 is 0 Å². The lowest BCUT2D eigenvalue weighted by molar-refractivity contribution is -0.135. The second-order valence-electron chi connectivity index (χ2n) is 7.14. The molecule has 28 heavy (non-hydrogen) atoms. The largest absolute Gasteiger partial charge is 0.496 e. The van der Waals surface area contributed by atoms with Crippen molar-refractivity contribution in [3.8, 4) is 11.5 Å². The first kappa shape index (κ1) is 19.7. The van der Waals surface area contributed by atoms with Crippen molar-refractivity contribution in [3.63, 3.8) is 0 Å². The molecule has 0 saturated carbocycles. The molecular formula is C22H26N2O4. The van der Waals surface area contributed by atoms with Gasteiger partial charge in [0.1, 0.15) is 17.1 Å². The minimum atomic E-state index is -0.305. The number of amides is 2. The predicted molar refractivity (Wildman–Crippen MR) is 108 cm³/mol. The molecule has 1 aliphatic rings. The van der Waals surface area contributed by atoms with Gasteiger partial charge in [-0.2, -0.15) is 0 Å². The van der Waals surface area contributed by atoms with Crippen LogP contribution < -0.4 is 14.8 Å². The van der Waals surface area contributed by atoms with Crippen LogP contribution in [0.3, 0.4) is 0 Å². The number of fused-ring (bicyclic) bond motifs is 1. The van der Waals surface area contributed by atoms with Crippen molar-refractivity contribution in [3.05, 3.63) is 53.1 Å². The Balaban J connectivity index is 1.83. The standard InChI is InChI=1S/C22H26N2O4/c1-14(2)22(26)24-11-10-15-8-9-17(12-16(15)13-24)23-21(25)20-18(27-3)6-5-7-19(20)28-4/h5-9,12,14H,10-11,13H2,1-4H3,(H,23,25). The van der Waals surface area contributed by atoms with E-state index in [1.165, 1.54) is 19.8 Å². The Hall–Kier alpha value is -3.02. The second-order valence-corrected chi connectivity index (χ2v) is 7.14. The van der Waals surface area contributed by atoms with Gasteiger partial charge in [0, 0.05) is 24.7 Å². The first-order valence-corrected chi connectivity index (χ1v) is 9.37. The number of hydrogen-bond donors (Lipinski definition) is 1. The van der Waals surface area contributed by atoms with Gasteiger partial charge in [-0.05, 0) is 41.8 Å². The van der Waals surface area contributed by atoms with Crippen LogP contribution in [0.25, 0.3) is 0 Å². The Morgan fingerprint density at radius 1 is 1.04 bits per heavy atom. The van der Waals surface area contributed by atoms with E-state index < -0.39 is 0 Å². The fourth-order valence-electron chi connectivity index (χ4n) is 3.46. The molecule has 2 aromatic carbocycles. The molecule has 0 radical (unpaired) electrons. The van der Waals surface area contributed by atoms with E-state index in [4.69, 9.17) is 9.47 Å². The summed E-state index contributed by atoms with van der Waals surface area (Å²) in [4.78, 5) is 27.1. The zero-order valence-corrected chi connectivity index (χ0v) is 16.7. The summed E-state index contributed by atoms with van der Waals surface area (Å²) in [6.07, 6.45) is 0.822. The fourth-order valence-corrected chi connectivity index (χ4v) is 3.46. The SMILES string of the molecule is COc1cccc(OC)c1C(=O)Nc1ccc2c(c1)CN(C(=O)C(C)C)CC2. The van der Waals surface area contributed by atoms with E-state index in [-0.39, 0.29) is 17.7 Å². The summed E-state index contributed by atoms with van der Waals surface area (Å²) >= 11 is 0. The molecule has 0 saturated heterocycles. The van der Waals surface area contributed by atoms with Crippen LogP contribution in [0.15, 0.2) is 36.4 Å². The second kappa shape index (κ2) is 8.33. The number of carbonyl (C=O) groups excluding carboxylic acids is 2. The lowest BCUT2D eigenvalue weighted by Crippen LogP contribution is -2.38. The molecule has 0 spiro atoms. The van der Waals surface area contributed by atoms with Gasteiger partial charge in [0.15, 0.2) is 0 Å². The number of nitrogens with one attached hydrogen (secondary N) is 1. The quantitative estimate of drug-likeness (QED) is 0.859. The summed E-state index contributed by atoms with van der Waals surface area (Å²) in [6.45, 7) is 5.12. The third-order valence-electron chi connectivity index (χ3n) is 4.94. The van der Waals surface area contributed by atoms with Gasteiger partial charge in [0.25, 0.3) is 5.91 Å². The zero-order chi connectivity index (χ0) is 20.3. The third kappa shape index (κ3) is 3.96. The van der Waals surface area contributed by atoms with Crippen molar-refractivity contribution in [1.29, 1.82) is 0 Å². The van der Waals surface area contributed by atoms with E-state index in [1.807, 2.05) is 36.9 Å². The number of carbonyl (C=O) groups is 2. The van der Waals surface area contributed by atoms with Crippen LogP contribution in [0.1, 0.15) is 35.3 Å². The molecule has 1 aliphatic heterocycles. The van der Waals surface area contributed by atoms with Gasteiger partial charge >= 0.3 is 0 Å². The van der Waals surface area contributed by atoms with Gasteiger partial charge in [-0.15, -0.1) is 0 Å². The first-order valence-electron chi connectivity index (χ1n) is 9.37. The first-order chi connectivity index (χ1) is 13.4. The average Bonchev–Trinajstić information content (AvgIpc) is 2.71. The van der Waals surface area contributed by atoms with Gasteiger partial charge in [-0.1, -0.05) is 26.0 Å². The maximum atomic E-state index is 12.9. The van der Waals surface area contributed by atoms with Crippen LogP contribution in [0, 0.1) is 5.92 Å². The van der Waals surface area contributed by atoms with E-state index in [0.29, 0.717) is 29.3 Å². The van der Waals surface area contributed by atoms with Crippen LogP contribution in [0.5, 0.6) is 11.5 Å². The van der Waals surface area contributed by atoms with Gasteiger partial charge < -0.3 is 19.7 Å². The Labute approximate surface area is 165 Å². The third-order valence-corrected chi connectivity index (χ3v) is 4.94. The summed E-state index contributed by atoms with van der Waals surface area (Å²) in [5.41, 5.74) is 3.29. The average molecular weight is 382 g/mol. The molecule has 0 aromatic heterocycles. The summed E-state index contributed by atoms with van der Waals surface area (Å²) in [7, 11) is 3.04. The molecule has 0 unspecified atom stereocenters. The number of rotatable bonds is 5. The molecule has 148 valence electrons. The fraction of sp³-hybridized carbons (Fsp3) is 0.364. The number of ether oxygens (including phenoxy) is 2. The van der Waals surface area contributed by atoms with Crippen LogP contribution in [0.4, 0.5) is 5.69 Å². The lowest BCUT2D eigenvalue weighted by atomic mass is 9.98. The number of benzene rings is 2. The monoisotopic (exact) mass is 382 g/mol. The van der Waals surface area contributed by atoms with E-state index in [2.05, 4.69) is 5.32 Å². The minimum absolute atomic E-state index is 0.0255. The van der Waals surface area contributed by atoms with E-state index in [9.17, 15) is 9.59 Å². The minimum Gasteiger partial charge on any atom is -0.496 e. The van der Waals surface area contributed by atoms with Crippen molar-refractivity contribution in [2.75, 3.05) is 26.1 Å². The summed E-state index contributed by atoms with van der Waals surface area (Å²) in [5.74, 6) is 0.716. The van der Waals surface area contributed by atoms with Crippen LogP contribution in [0.2, 0.25) is 0 Å². The van der Waals surface area contributed by atoms with Gasteiger partial charge in [0.05, 0.1) is 14.2 Å². The highest BCUT2D eigenvalue weighted by molar-refractivity contribution is 6.08. The number of nitrogens with zero attached hydrogens (tertiary/aromatic N) is 1. The van der Waals surface area contributed by atoms with Gasteiger partial charge in [0.2, 0.25) is 5.91 Å². The molecule has 0 bridgehead atoms. The Morgan fingerprint density at radius 2 is 1.71 bits per heavy atom. The van der Waals surface area contributed by atoms with Crippen molar-refractivity contribution < 1.29 is 19.1 Å². The molecule has 0 aliphatic carbocycles. The highest BCUT2D eigenvalue weighted by Crippen LogP contribution is 2.30. The molecule has 0 atom stereocenters. The summed E-state index contributed by atoms with van der Waals surface area (Å²) in [6, 6.07) is 11.1. The highest BCUT2D eigenvalue weighted by atomic mass is 16.5. The maximum absolute atomic E-state index is 12.9. The molecule has 2 amide bonds. The lowest BCUT2D eigenvalue weighted by Gasteiger charge is -2.30. The molecule has 3 rings (SSSR count). The van der Waals surface area contributed by atoms with Crippen LogP contribution >= 0.6 is 0 Å².